The SMILES string of the molecule is COc1cc(/C=C(/C(=O)O)C(=O)C2=CCCC(O)C2=O)cc(OC)c1O. The second-order valence-electron chi connectivity index (χ2n) is 5.54. The molecule has 0 radical (unpaired) electrons. The number of carbonyl (C=O) groups is 3. The number of aliphatic hydroxyl groups excluding tert-OH is 1. The molecular weight excluding hydrogens is 344 g/mol. The molecule has 2 rings (SSSR count). The average Bonchev–Trinajstić information content (AvgIpc) is 2.62. The van der Waals surface area contributed by atoms with E-state index in [1.165, 1.54) is 32.4 Å². The molecule has 1 aliphatic rings. The Kier molecular flexibility index (Phi) is 5.78. The first-order valence-corrected chi connectivity index (χ1v) is 7.67. The van der Waals surface area contributed by atoms with Gasteiger partial charge in [-0.1, -0.05) is 6.08 Å². The molecule has 0 amide bonds. The Morgan fingerprint density at radius 3 is 2.27 bits per heavy atom. The molecule has 8 heteroatoms. The van der Waals surface area contributed by atoms with Crippen LogP contribution in [0.2, 0.25) is 0 Å². The molecule has 26 heavy (non-hydrogen) atoms. The molecule has 0 aromatic heterocycles. The van der Waals surface area contributed by atoms with E-state index in [0.717, 1.165) is 6.08 Å². The quantitative estimate of drug-likeness (QED) is 0.389. The molecule has 3 N–H and O–H groups in total. The summed E-state index contributed by atoms with van der Waals surface area (Å²) in [5.74, 6) is -3.55. The number of aliphatic hydroxyl groups is 1. The van der Waals surface area contributed by atoms with Crippen molar-refractivity contribution in [2.75, 3.05) is 14.2 Å². The van der Waals surface area contributed by atoms with E-state index in [2.05, 4.69) is 0 Å². The van der Waals surface area contributed by atoms with Gasteiger partial charge >= 0.3 is 5.97 Å². The van der Waals surface area contributed by atoms with Gasteiger partial charge in [0.1, 0.15) is 11.7 Å². The van der Waals surface area contributed by atoms with Crippen LogP contribution < -0.4 is 9.47 Å². The Morgan fingerprint density at radius 2 is 1.77 bits per heavy atom. The predicted molar refractivity (Wildman–Crippen MR) is 90.2 cm³/mol. The van der Waals surface area contributed by atoms with Gasteiger partial charge in [0.05, 0.1) is 19.8 Å². The summed E-state index contributed by atoms with van der Waals surface area (Å²) in [7, 11) is 2.61. The van der Waals surface area contributed by atoms with E-state index >= 15 is 0 Å². The third kappa shape index (κ3) is 3.75. The van der Waals surface area contributed by atoms with Crippen molar-refractivity contribution in [1.29, 1.82) is 0 Å². The van der Waals surface area contributed by atoms with E-state index in [9.17, 15) is 29.7 Å². The molecule has 0 bridgehead atoms. The van der Waals surface area contributed by atoms with Crippen LogP contribution in [0.5, 0.6) is 17.2 Å². The molecule has 0 saturated heterocycles. The van der Waals surface area contributed by atoms with Gasteiger partial charge < -0.3 is 24.8 Å². The van der Waals surface area contributed by atoms with Gasteiger partial charge in [0.15, 0.2) is 17.3 Å². The van der Waals surface area contributed by atoms with Crippen molar-refractivity contribution in [3.8, 4) is 17.2 Å². The topological polar surface area (TPSA) is 130 Å². The Bertz CT molecular complexity index is 793. The number of ketones is 2. The van der Waals surface area contributed by atoms with Gasteiger partial charge in [-0.05, 0) is 36.6 Å². The predicted octanol–water partition coefficient (Wildman–Crippen LogP) is 1.10. The molecule has 138 valence electrons. The second-order valence-corrected chi connectivity index (χ2v) is 5.54. The summed E-state index contributed by atoms with van der Waals surface area (Å²) in [5.41, 5.74) is -0.796. The fourth-order valence-corrected chi connectivity index (χ4v) is 2.53. The minimum absolute atomic E-state index is 0.0242. The number of carbonyl (C=O) groups excluding carboxylic acids is 2. The standard InChI is InChI=1S/C18H18O8/c1-25-13-7-9(8-14(26-2)17(13)22)6-11(18(23)24)15(20)10-4-3-5-12(19)16(10)21/h4,6-8,12,19,22H,3,5H2,1-2H3,(H,23,24)/b11-6+. The largest absolute Gasteiger partial charge is 0.502 e. The number of benzene rings is 1. The highest BCUT2D eigenvalue weighted by atomic mass is 16.5. The van der Waals surface area contributed by atoms with Gasteiger partial charge in [0.25, 0.3) is 0 Å². The lowest BCUT2D eigenvalue weighted by Crippen LogP contribution is -2.30. The smallest absolute Gasteiger partial charge is 0.339 e. The van der Waals surface area contributed by atoms with Crippen molar-refractivity contribution in [2.24, 2.45) is 0 Å². The third-order valence-electron chi connectivity index (χ3n) is 3.89. The summed E-state index contributed by atoms with van der Waals surface area (Å²) in [5, 5.41) is 28.9. The van der Waals surface area contributed by atoms with Gasteiger partial charge in [-0.15, -0.1) is 0 Å². The molecule has 1 aliphatic carbocycles. The molecule has 1 aromatic carbocycles. The van der Waals surface area contributed by atoms with Crippen LogP contribution in [0.15, 0.2) is 29.4 Å². The highest BCUT2D eigenvalue weighted by molar-refractivity contribution is 6.35. The zero-order valence-electron chi connectivity index (χ0n) is 14.2. The molecule has 8 nitrogen and oxygen atoms in total. The zero-order chi connectivity index (χ0) is 19.4. The van der Waals surface area contributed by atoms with Crippen molar-refractivity contribution in [1.82, 2.24) is 0 Å². The summed E-state index contributed by atoms with van der Waals surface area (Å²) >= 11 is 0. The Hall–Kier alpha value is -3.13. The van der Waals surface area contributed by atoms with E-state index in [0.29, 0.717) is 6.42 Å². The number of methoxy groups -OCH3 is 2. The summed E-state index contributed by atoms with van der Waals surface area (Å²) in [6.45, 7) is 0. The number of Topliss-reactive ketones (excluding diaryl/α,β-unsaturated/α-hetero) is 2. The van der Waals surface area contributed by atoms with Crippen LogP contribution in [0.4, 0.5) is 0 Å². The van der Waals surface area contributed by atoms with Crippen molar-refractivity contribution >= 4 is 23.6 Å². The van der Waals surface area contributed by atoms with Crippen molar-refractivity contribution in [2.45, 2.75) is 18.9 Å². The molecule has 0 saturated carbocycles. The van der Waals surface area contributed by atoms with E-state index in [1.54, 1.807) is 0 Å². The van der Waals surface area contributed by atoms with Gasteiger partial charge in [-0.2, -0.15) is 0 Å². The van der Waals surface area contributed by atoms with E-state index in [1.807, 2.05) is 0 Å². The molecule has 0 aliphatic heterocycles. The number of ether oxygens (including phenoxy) is 2. The maximum absolute atomic E-state index is 12.5. The van der Waals surface area contributed by atoms with Crippen LogP contribution in [0.3, 0.4) is 0 Å². The lowest BCUT2D eigenvalue weighted by Gasteiger charge is -2.16. The van der Waals surface area contributed by atoms with Crippen molar-refractivity contribution < 1.29 is 39.2 Å². The van der Waals surface area contributed by atoms with Crippen LogP contribution >= 0.6 is 0 Å². The van der Waals surface area contributed by atoms with Crippen molar-refractivity contribution in [3.05, 3.63) is 34.9 Å². The Balaban J connectivity index is 2.51. The molecule has 0 spiro atoms. The summed E-state index contributed by atoms with van der Waals surface area (Å²) < 4.78 is 9.98. The molecule has 1 unspecified atom stereocenters. The summed E-state index contributed by atoms with van der Waals surface area (Å²) in [4.78, 5) is 36.0. The number of carboxylic acid groups (broad SMARTS) is 1. The first-order valence-electron chi connectivity index (χ1n) is 7.67. The molecule has 0 heterocycles. The lowest BCUT2D eigenvalue weighted by atomic mass is 9.89. The normalized spacial score (nSPS) is 17.5. The first-order chi connectivity index (χ1) is 12.3. The van der Waals surface area contributed by atoms with Crippen molar-refractivity contribution in [3.63, 3.8) is 0 Å². The maximum Gasteiger partial charge on any atom is 0.339 e. The highest BCUT2D eigenvalue weighted by Crippen LogP contribution is 2.37. The summed E-state index contributed by atoms with van der Waals surface area (Å²) in [6, 6.07) is 2.64. The fourth-order valence-electron chi connectivity index (χ4n) is 2.53. The Morgan fingerprint density at radius 1 is 1.19 bits per heavy atom. The number of aliphatic carboxylic acids is 1. The van der Waals surface area contributed by atoms with Crippen LogP contribution in [0, 0.1) is 0 Å². The van der Waals surface area contributed by atoms with Gasteiger partial charge in [0, 0.05) is 0 Å². The van der Waals surface area contributed by atoms with Crippen LogP contribution in [0.1, 0.15) is 18.4 Å². The van der Waals surface area contributed by atoms with Gasteiger partial charge in [-0.25, -0.2) is 4.79 Å². The number of rotatable bonds is 6. The number of allylic oxidation sites excluding steroid dienone is 1. The minimum atomic E-state index is -1.53. The first kappa shape index (κ1) is 19.2. The number of hydrogen-bond acceptors (Lipinski definition) is 7. The fraction of sp³-hybridized carbons (Fsp3) is 0.278. The second kappa shape index (κ2) is 7.83. The van der Waals surface area contributed by atoms with Gasteiger partial charge in [-0.3, -0.25) is 9.59 Å². The molecule has 1 atom stereocenters. The van der Waals surface area contributed by atoms with E-state index in [-0.39, 0.29) is 34.8 Å². The highest BCUT2D eigenvalue weighted by Gasteiger charge is 2.31. The lowest BCUT2D eigenvalue weighted by molar-refractivity contribution is -0.134. The number of phenols is 1. The minimum Gasteiger partial charge on any atom is -0.502 e. The zero-order valence-corrected chi connectivity index (χ0v) is 14.2. The molecular formula is C18H18O8. The van der Waals surface area contributed by atoms with E-state index in [4.69, 9.17) is 9.47 Å². The molecule has 1 aromatic rings. The monoisotopic (exact) mass is 362 g/mol. The van der Waals surface area contributed by atoms with Crippen LogP contribution in [-0.2, 0) is 14.4 Å². The number of carboxylic acids is 1. The third-order valence-corrected chi connectivity index (χ3v) is 3.89. The average molecular weight is 362 g/mol. The van der Waals surface area contributed by atoms with Gasteiger partial charge in [0.2, 0.25) is 11.5 Å². The molecule has 0 fully saturated rings. The number of phenolic OH excluding ortho intramolecular Hbond substituents is 1. The number of hydrogen-bond donors (Lipinski definition) is 3. The Labute approximate surface area is 149 Å². The van der Waals surface area contributed by atoms with E-state index < -0.39 is 29.2 Å². The number of aromatic hydroxyl groups is 1. The van der Waals surface area contributed by atoms with Crippen LogP contribution in [0.25, 0.3) is 6.08 Å². The summed E-state index contributed by atoms with van der Waals surface area (Å²) in [6.07, 6.45) is 1.54. The maximum atomic E-state index is 12.5. The van der Waals surface area contributed by atoms with Crippen LogP contribution in [-0.4, -0.2) is 53.2 Å².